The Kier molecular flexibility index (Phi) is 5.20. The smallest absolute Gasteiger partial charge is 0.123 e. The Balaban J connectivity index is 1.77. The van der Waals surface area contributed by atoms with Crippen molar-refractivity contribution in [2.75, 3.05) is 0 Å². The van der Waals surface area contributed by atoms with Gasteiger partial charge in [-0.15, -0.1) is 0 Å². The van der Waals surface area contributed by atoms with Crippen LogP contribution in [0.2, 0.25) is 0 Å². The normalized spacial score (nSPS) is 23.8. The quantitative estimate of drug-likeness (QED) is 0.806. The van der Waals surface area contributed by atoms with Crippen LogP contribution in [0.25, 0.3) is 0 Å². The molecule has 0 aromatic heterocycles. The molecule has 0 saturated heterocycles. The van der Waals surface area contributed by atoms with Crippen molar-refractivity contribution >= 4 is 0 Å². The van der Waals surface area contributed by atoms with Crippen LogP contribution in [0.4, 0.5) is 4.39 Å². The molecule has 0 unspecified atom stereocenters. The summed E-state index contributed by atoms with van der Waals surface area (Å²) in [6.07, 6.45) is 6.41. The molecule has 0 heterocycles. The molecule has 1 aliphatic rings. The zero-order chi connectivity index (χ0) is 14.6. The van der Waals surface area contributed by atoms with Crippen LogP contribution in [-0.4, -0.2) is 6.04 Å². The molecular formula is C18H28FN. The molecule has 2 heteroatoms. The van der Waals surface area contributed by atoms with Crippen LogP contribution < -0.4 is 5.32 Å². The Morgan fingerprint density at radius 3 is 2.50 bits per heavy atom. The lowest BCUT2D eigenvalue weighted by Crippen LogP contribution is -2.36. The van der Waals surface area contributed by atoms with Gasteiger partial charge in [0.05, 0.1) is 0 Å². The first-order valence-electron chi connectivity index (χ1n) is 7.99. The van der Waals surface area contributed by atoms with Gasteiger partial charge in [0.2, 0.25) is 0 Å². The van der Waals surface area contributed by atoms with Gasteiger partial charge in [-0.25, -0.2) is 4.39 Å². The molecule has 0 aliphatic heterocycles. The second-order valence-corrected chi connectivity index (χ2v) is 6.90. The third-order valence-corrected chi connectivity index (χ3v) is 5.23. The maximum atomic E-state index is 13.1. The summed E-state index contributed by atoms with van der Waals surface area (Å²) in [5.74, 6) is 0.720. The molecule has 0 radical (unpaired) electrons. The summed E-state index contributed by atoms with van der Waals surface area (Å²) in [5, 5.41) is 3.59. The molecule has 1 aromatic carbocycles. The molecule has 1 nitrogen and oxygen atoms in total. The minimum Gasteiger partial charge on any atom is -0.310 e. The summed E-state index contributed by atoms with van der Waals surface area (Å²) in [5.41, 5.74) is 1.52. The van der Waals surface area contributed by atoms with Crippen molar-refractivity contribution in [3.8, 4) is 0 Å². The zero-order valence-electron chi connectivity index (χ0n) is 13.1. The van der Waals surface area contributed by atoms with E-state index in [0.29, 0.717) is 11.5 Å². The van der Waals surface area contributed by atoms with E-state index in [1.54, 1.807) is 12.1 Å². The number of hydrogen-bond acceptors (Lipinski definition) is 1. The predicted molar refractivity (Wildman–Crippen MR) is 83.1 cm³/mol. The lowest BCUT2D eigenvalue weighted by molar-refractivity contribution is 0.137. The zero-order valence-corrected chi connectivity index (χ0v) is 13.1. The van der Waals surface area contributed by atoms with Crippen molar-refractivity contribution in [3.63, 3.8) is 0 Å². The summed E-state index contributed by atoms with van der Waals surface area (Å²) < 4.78 is 13.1. The van der Waals surface area contributed by atoms with Gasteiger partial charge in [0.1, 0.15) is 5.82 Å². The van der Waals surface area contributed by atoms with E-state index in [0.717, 1.165) is 18.0 Å². The number of rotatable bonds is 5. The molecule has 1 N–H and O–H groups in total. The Labute approximate surface area is 123 Å². The summed E-state index contributed by atoms with van der Waals surface area (Å²) in [7, 11) is 0. The molecular weight excluding hydrogens is 249 g/mol. The highest BCUT2D eigenvalue weighted by atomic mass is 19.1. The fourth-order valence-electron chi connectivity index (χ4n) is 3.28. The average molecular weight is 277 g/mol. The molecule has 2 rings (SSSR count). The van der Waals surface area contributed by atoms with E-state index in [1.807, 2.05) is 6.07 Å². The maximum absolute atomic E-state index is 13.1. The number of halogens is 1. The third-order valence-electron chi connectivity index (χ3n) is 5.23. The molecule has 1 fully saturated rings. The molecule has 1 aromatic rings. The van der Waals surface area contributed by atoms with Crippen molar-refractivity contribution in [1.82, 2.24) is 5.32 Å². The van der Waals surface area contributed by atoms with Crippen molar-refractivity contribution in [1.29, 1.82) is 0 Å². The molecule has 0 amide bonds. The summed E-state index contributed by atoms with van der Waals surface area (Å²) >= 11 is 0. The SMILES string of the molecule is CCC(C)(C)C1CCC(NCc2cccc(F)c2)CC1. The topological polar surface area (TPSA) is 12.0 Å². The number of hydrogen-bond donors (Lipinski definition) is 1. The largest absolute Gasteiger partial charge is 0.310 e. The first-order valence-corrected chi connectivity index (χ1v) is 7.99. The van der Waals surface area contributed by atoms with Crippen LogP contribution in [0.1, 0.15) is 58.4 Å². The first kappa shape index (κ1) is 15.5. The van der Waals surface area contributed by atoms with Crippen LogP contribution in [0.15, 0.2) is 24.3 Å². The van der Waals surface area contributed by atoms with Crippen LogP contribution in [0.3, 0.4) is 0 Å². The fourth-order valence-corrected chi connectivity index (χ4v) is 3.28. The maximum Gasteiger partial charge on any atom is 0.123 e. The second kappa shape index (κ2) is 6.71. The Morgan fingerprint density at radius 2 is 1.90 bits per heavy atom. The van der Waals surface area contributed by atoms with Gasteiger partial charge in [-0.05, 0) is 54.7 Å². The third kappa shape index (κ3) is 4.05. The van der Waals surface area contributed by atoms with Gasteiger partial charge >= 0.3 is 0 Å². The standard InChI is InChI=1S/C18H28FN/c1-4-18(2,3)15-8-10-17(11-9-15)20-13-14-6-5-7-16(19)12-14/h5-7,12,15,17,20H,4,8-11,13H2,1-3H3. The van der Waals surface area contributed by atoms with Gasteiger partial charge in [-0.3, -0.25) is 0 Å². The highest BCUT2D eigenvalue weighted by molar-refractivity contribution is 5.16. The van der Waals surface area contributed by atoms with E-state index in [1.165, 1.54) is 38.2 Å². The molecule has 0 atom stereocenters. The summed E-state index contributed by atoms with van der Waals surface area (Å²) in [6, 6.07) is 7.50. The van der Waals surface area contributed by atoms with Gasteiger partial charge in [0.25, 0.3) is 0 Å². The van der Waals surface area contributed by atoms with Gasteiger partial charge in [0.15, 0.2) is 0 Å². The predicted octanol–water partition coefficient (Wildman–Crippen LogP) is 4.91. The van der Waals surface area contributed by atoms with Gasteiger partial charge in [-0.1, -0.05) is 39.3 Å². The minimum absolute atomic E-state index is 0.141. The Bertz CT molecular complexity index is 419. The van der Waals surface area contributed by atoms with Crippen LogP contribution in [0.5, 0.6) is 0 Å². The van der Waals surface area contributed by atoms with Crippen molar-refractivity contribution in [2.45, 2.75) is 65.5 Å². The highest BCUT2D eigenvalue weighted by Gasteiger charge is 2.31. The molecule has 0 bridgehead atoms. The number of benzene rings is 1. The van der Waals surface area contributed by atoms with Crippen molar-refractivity contribution in [3.05, 3.63) is 35.6 Å². The van der Waals surface area contributed by atoms with E-state index < -0.39 is 0 Å². The van der Waals surface area contributed by atoms with E-state index >= 15 is 0 Å². The average Bonchev–Trinajstić information content (AvgIpc) is 2.46. The van der Waals surface area contributed by atoms with Gasteiger partial charge in [0, 0.05) is 12.6 Å². The second-order valence-electron chi connectivity index (χ2n) is 6.90. The Hall–Kier alpha value is -0.890. The van der Waals surface area contributed by atoms with Crippen LogP contribution in [-0.2, 0) is 6.54 Å². The minimum atomic E-state index is -0.141. The molecule has 20 heavy (non-hydrogen) atoms. The van der Waals surface area contributed by atoms with Crippen LogP contribution >= 0.6 is 0 Å². The van der Waals surface area contributed by atoms with Crippen LogP contribution in [0, 0.1) is 17.2 Å². The summed E-state index contributed by atoms with van der Waals surface area (Å²) in [4.78, 5) is 0. The van der Waals surface area contributed by atoms with E-state index in [-0.39, 0.29) is 5.82 Å². The van der Waals surface area contributed by atoms with Gasteiger partial charge in [-0.2, -0.15) is 0 Å². The molecule has 1 aliphatic carbocycles. The number of nitrogens with one attached hydrogen (secondary N) is 1. The Morgan fingerprint density at radius 1 is 1.20 bits per heavy atom. The van der Waals surface area contributed by atoms with Crippen molar-refractivity contribution < 1.29 is 4.39 Å². The van der Waals surface area contributed by atoms with E-state index in [4.69, 9.17) is 0 Å². The highest BCUT2D eigenvalue weighted by Crippen LogP contribution is 2.40. The van der Waals surface area contributed by atoms with Gasteiger partial charge < -0.3 is 5.32 Å². The van der Waals surface area contributed by atoms with E-state index in [2.05, 4.69) is 26.1 Å². The summed E-state index contributed by atoms with van der Waals surface area (Å²) in [6.45, 7) is 7.88. The lowest BCUT2D eigenvalue weighted by Gasteiger charge is -2.39. The monoisotopic (exact) mass is 277 g/mol. The molecule has 112 valence electrons. The van der Waals surface area contributed by atoms with Crippen molar-refractivity contribution in [2.24, 2.45) is 11.3 Å². The molecule has 1 saturated carbocycles. The lowest BCUT2D eigenvalue weighted by atomic mass is 9.69. The fraction of sp³-hybridized carbons (Fsp3) is 0.667. The molecule has 0 spiro atoms. The van der Waals surface area contributed by atoms with E-state index in [9.17, 15) is 4.39 Å². The first-order chi connectivity index (χ1) is 9.51.